The second-order valence-electron chi connectivity index (χ2n) is 8.46. The molecule has 0 aliphatic carbocycles. The Balaban J connectivity index is 1.62. The van der Waals surface area contributed by atoms with E-state index >= 15 is 0 Å². The minimum Gasteiger partial charge on any atom is -0.481 e. The summed E-state index contributed by atoms with van der Waals surface area (Å²) in [5.74, 6) is -0.925. The van der Waals surface area contributed by atoms with E-state index in [4.69, 9.17) is 5.11 Å². The molecule has 1 N–H and O–H groups in total. The number of carbonyl (C=O) groups excluding carboxylic acids is 1. The summed E-state index contributed by atoms with van der Waals surface area (Å²) in [7, 11) is 0. The Morgan fingerprint density at radius 1 is 0.750 bits per heavy atom. The van der Waals surface area contributed by atoms with Gasteiger partial charge in [0.1, 0.15) is 0 Å². The Morgan fingerprint density at radius 2 is 1.25 bits per heavy atom. The Kier molecular flexibility index (Phi) is 14.1. The summed E-state index contributed by atoms with van der Waals surface area (Å²) in [5.41, 5.74) is 1.43. The summed E-state index contributed by atoms with van der Waals surface area (Å²) in [4.78, 5) is 23.8. The van der Waals surface area contributed by atoms with Crippen LogP contribution in [0.1, 0.15) is 68.6 Å². The van der Waals surface area contributed by atoms with Crippen molar-refractivity contribution in [3.63, 3.8) is 0 Å². The normalized spacial score (nSPS) is 12.7. The van der Waals surface area contributed by atoms with Gasteiger partial charge in [0.25, 0.3) is 0 Å². The van der Waals surface area contributed by atoms with Gasteiger partial charge in [-0.2, -0.15) is 0 Å². The third-order valence-corrected chi connectivity index (χ3v) is 5.53. The van der Waals surface area contributed by atoms with Crippen molar-refractivity contribution < 1.29 is 14.7 Å². The van der Waals surface area contributed by atoms with Crippen LogP contribution in [0.4, 0.5) is 0 Å². The summed E-state index contributed by atoms with van der Waals surface area (Å²) in [6.07, 6.45) is 34.4. The minimum atomic E-state index is -0.900. The molecule has 0 saturated heterocycles. The molecule has 0 spiro atoms. The zero-order valence-electron chi connectivity index (χ0n) is 21.4. The van der Waals surface area contributed by atoms with E-state index in [2.05, 4.69) is 73.8 Å². The maximum absolute atomic E-state index is 12.7. The number of carbonyl (C=O) groups is 2. The molecule has 0 aliphatic heterocycles. The van der Waals surface area contributed by atoms with E-state index in [0.717, 1.165) is 49.4 Å². The standard InChI is InChI=1S/C32H39NO3/c1-2-3-4-5-6-7-8-9-10-11-12-13-14-15-16-17-18-19-20-25-31(34)33-27-28(26-32(35)36)29-23-21-22-24-30(29)33/h3-4,6-7,9-10,12-13,15-16,18-19,21-24,27H,2,5,8,11,14,17,20,25-26H2,1H3,(H,35,36). The number of carboxylic acid groups (broad SMARTS) is 1. The van der Waals surface area contributed by atoms with Crippen molar-refractivity contribution in [1.29, 1.82) is 0 Å². The molecule has 1 aromatic carbocycles. The average molecular weight is 486 g/mol. The first-order valence-corrected chi connectivity index (χ1v) is 12.9. The first-order valence-electron chi connectivity index (χ1n) is 12.9. The molecular formula is C32H39NO3. The highest BCUT2D eigenvalue weighted by molar-refractivity contribution is 5.95. The summed E-state index contributed by atoms with van der Waals surface area (Å²) >= 11 is 0. The van der Waals surface area contributed by atoms with Gasteiger partial charge in [-0.15, -0.1) is 0 Å². The van der Waals surface area contributed by atoms with Gasteiger partial charge in [0.2, 0.25) is 5.91 Å². The predicted octanol–water partition coefficient (Wildman–Crippen LogP) is 8.39. The third-order valence-electron chi connectivity index (χ3n) is 5.53. The molecule has 0 unspecified atom stereocenters. The number of benzene rings is 1. The van der Waals surface area contributed by atoms with Crippen LogP contribution < -0.4 is 0 Å². The lowest BCUT2D eigenvalue weighted by molar-refractivity contribution is -0.136. The molecule has 190 valence electrons. The maximum atomic E-state index is 12.7. The van der Waals surface area contributed by atoms with Crippen molar-refractivity contribution >= 4 is 22.8 Å². The molecule has 36 heavy (non-hydrogen) atoms. The molecule has 0 radical (unpaired) electrons. The van der Waals surface area contributed by atoms with Crippen molar-refractivity contribution in [2.45, 2.75) is 64.7 Å². The van der Waals surface area contributed by atoms with Gasteiger partial charge >= 0.3 is 5.97 Å². The van der Waals surface area contributed by atoms with E-state index < -0.39 is 5.97 Å². The minimum absolute atomic E-state index is 0.0256. The number of fused-ring (bicyclic) bond motifs is 1. The molecule has 2 rings (SSSR count). The Morgan fingerprint density at radius 3 is 1.78 bits per heavy atom. The Hall–Kier alpha value is -3.66. The van der Waals surface area contributed by atoms with Gasteiger partial charge in [0.15, 0.2) is 0 Å². The van der Waals surface area contributed by atoms with E-state index in [-0.39, 0.29) is 12.3 Å². The molecule has 2 aromatic rings. The highest BCUT2D eigenvalue weighted by atomic mass is 16.4. The third kappa shape index (κ3) is 11.2. The number of hydrogen-bond acceptors (Lipinski definition) is 2. The quantitative estimate of drug-likeness (QED) is 0.243. The van der Waals surface area contributed by atoms with Crippen LogP contribution in [0.5, 0.6) is 0 Å². The van der Waals surface area contributed by atoms with Crippen molar-refractivity contribution in [2.24, 2.45) is 0 Å². The van der Waals surface area contributed by atoms with Crippen LogP contribution >= 0.6 is 0 Å². The number of rotatable bonds is 16. The molecule has 0 saturated carbocycles. The number of para-hydroxylation sites is 1. The number of nitrogens with zero attached hydrogens (tertiary/aromatic N) is 1. The zero-order valence-corrected chi connectivity index (χ0v) is 21.4. The smallest absolute Gasteiger partial charge is 0.307 e. The number of carboxylic acids is 1. The molecular weight excluding hydrogens is 446 g/mol. The van der Waals surface area contributed by atoms with Crippen LogP contribution in [0.2, 0.25) is 0 Å². The van der Waals surface area contributed by atoms with Crippen LogP contribution in [0.3, 0.4) is 0 Å². The maximum Gasteiger partial charge on any atom is 0.307 e. The predicted molar refractivity (Wildman–Crippen MR) is 151 cm³/mol. The number of allylic oxidation sites excluding steroid dienone is 12. The molecule has 1 heterocycles. The van der Waals surface area contributed by atoms with Crippen molar-refractivity contribution in [3.8, 4) is 0 Å². The van der Waals surface area contributed by atoms with Crippen LogP contribution in [0, 0.1) is 0 Å². The molecule has 0 bridgehead atoms. The van der Waals surface area contributed by atoms with Gasteiger partial charge in [0.05, 0.1) is 11.9 Å². The fraction of sp³-hybridized carbons (Fsp3) is 0.312. The highest BCUT2D eigenvalue weighted by Gasteiger charge is 2.14. The molecule has 4 heteroatoms. The van der Waals surface area contributed by atoms with E-state index in [1.165, 1.54) is 0 Å². The molecule has 1 aromatic heterocycles. The van der Waals surface area contributed by atoms with Crippen LogP contribution in [-0.2, 0) is 11.2 Å². The zero-order chi connectivity index (χ0) is 25.8. The first kappa shape index (κ1) is 28.6. The second kappa shape index (κ2) is 17.7. The van der Waals surface area contributed by atoms with Crippen LogP contribution in [0.15, 0.2) is 103 Å². The fourth-order valence-electron chi connectivity index (χ4n) is 3.73. The molecule has 0 atom stereocenters. The Labute approximate surface area is 215 Å². The summed E-state index contributed by atoms with van der Waals surface area (Å²) in [6.45, 7) is 2.15. The monoisotopic (exact) mass is 485 g/mol. The lowest BCUT2D eigenvalue weighted by Gasteiger charge is -2.02. The topological polar surface area (TPSA) is 59.3 Å². The number of aromatic nitrogens is 1. The number of hydrogen-bond donors (Lipinski definition) is 1. The van der Waals surface area contributed by atoms with Crippen molar-refractivity contribution in [3.05, 3.63) is 109 Å². The van der Waals surface area contributed by atoms with E-state index in [1.807, 2.05) is 30.3 Å². The molecule has 0 amide bonds. The lowest BCUT2D eigenvalue weighted by Crippen LogP contribution is -2.08. The van der Waals surface area contributed by atoms with E-state index in [9.17, 15) is 9.59 Å². The summed E-state index contributed by atoms with van der Waals surface area (Å²) in [5, 5.41) is 9.96. The van der Waals surface area contributed by atoms with E-state index in [0.29, 0.717) is 18.4 Å². The summed E-state index contributed by atoms with van der Waals surface area (Å²) < 4.78 is 1.59. The van der Waals surface area contributed by atoms with E-state index in [1.54, 1.807) is 10.8 Å². The number of aliphatic carboxylic acids is 1. The highest BCUT2D eigenvalue weighted by Crippen LogP contribution is 2.22. The molecule has 0 fully saturated rings. The van der Waals surface area contributed by atoms with Crippen molar-refractivity contribution in [1.82, 2.24) is 4.57 Å². The molecule has 4 nitrogen and oxygen atoms in total. The molecule has 0 aliphatic rings. The van der Waals surface area contributed by atoms with Gasteiger partial charge in [-0.1, -0.05) is 98.0 Å². The van der Waals surface area contributed by atoms with Crippen molar-refractivity contribution in [2.75, 3.05) is 0 Å². The largest absolute Gasteiger partial charge is 0.481 e. The lowest BCUT2D eigenvalue weighted by atomic mass is 10.1. The summed E-state index contributed by atoms with van der Waals surface area (Å²) in [6, 6.07) is 7.44. The first-order chi connectivity index (χ1) is 17.6. The van der Waals surface area contributed by atoms with Crippen LogP contribution in [0.25, 0.3) is 10.9 Å². The van der Waals surface area contributed by atoms with Gasteiger partial charge in [-0.05, 0) is 56.6 Å². The van der Waals surface area contributed by atoms with Gasteiger partial charge in [-0.25, -0.2) is 0 Å². The average Bonchev–Trinajstić information content (AvgIpc) is 3.23. The second-order valence-corrected chi connectivity index (χ2v) is 8.46. The SMILES string of the molecule is CCC=CCC=CCC=CCC=CCC=CCC=CCCC(=O)n1cc(CC(=O)O)c2ccccc21. The fourth-order valence-corrected chi connectivity index (χ4v) is 3.73. The van der Waals surface area contributed by atoms with Gasteiger partial charge < -0.3 is 5.11 Å². The van der Waals surface area contributed by atoms with Crippen LogP contribution in [-0.4, -0.2) is 21.6 Å². The Bertz CT molecular complexity index is 1130. The van der Waals surface area contributed by atoms with Gasteiger partial charge in [-0.3, -0.25) is 14.2 Å². The van der Waals surface area contributed by atoms with Gasteiger partial charge in [0, 0.05) is 18.0 Å².